The van der Waals surface area contributed by atoms with Gasteiger partial charge in [0.15, 0.2) is 0 Å². The number of aryl methyl sites for hydroxylation is 1. The second-order valence-corrected chi connectivity index (χ2v) is 7.18. The van der Waals surface area contributed by atoms with Crippen molar-refractivity contribution in [2.45, 2.75) is 11.8 Å². The minimum absolute atomic E-state index is 0.0998. The average molecular weight is 353 g/mol. The molecular formula is C16H17ClN2O3S. The molecule has 0 aliphatic heterocycles. The van der Waals surface area contributed by atoms with E-state index < -0.39 is 10.0 Å². The number of carbonyl (C=O) groups is 1. The highest BCUT2D eigenvalue weighted by Crippen LogP contribution is 2.13. The van der Waals surface area contributed by atoms with Crippen LogP contribution >= 0.6 is 11.6 Å². The standard InChI is InChI=1S/C16H17ClN2O3S/c1-12-2-4-13(5-3-12)16(20)18-10-11-19-23(21,22)15-8-6-14(17)7-9-15/h2-9,19H,10-11H2,1H3,(H,18,20). The quantitative estimate of drug-likeness (QED) is 0.784. The molecule has 2 aromatic rings. The van der Waals surface area contributed by atoms with Gasteiger partial charge in [-0.25, -0.2) is 13.1 Å². The van der Waals surface area contributed by atoms with E-state index >= 15 is 0 Å². The molecular weight excluding hydrogens is 336 g/mol. The Labute approximate surface area is 140 Å². The van der Waals surface area contributed by atoms with Crippen molar-refractivity contribution in [2.75, 3.05) is 13.1 Å². The number of rotatable bonds is 6. The summed E-state index contributed by atoms with van der Waals surface area (Å²) in [7, 11) is -3.61. The Hall–Kier alpha value is -1.89. The second-order valence-electron chi connectivity index (χ2n) is 4.97. The number of hydrogen-bond donors (Lipinski definition) is 2. The number of benzene rings is 2. The second kappa shape index (κ2) is 7.59. The molecule has 0 unspecified atom stereocenters. The molecule has 122 valence electrons. The van der Waals surface area contributed by atoms with Crippen molar-refractivity contribution in [2.24, 2.45) is 0 Å². The summed E-state index contributed by atoms with van der Waals surface area (Å²) in [5.74, 6) is -0.240. The molecule has 5 nitrogen and oxygen atoms in total. The van der Waals surface area contributed by atoms with Crippen LogP contribution in [0, 0.1) is 6.92 Å². The number of nitrogens with one attached hydrogen (secondary N) is 2. The lowest BCUT2D eigenvalue weighted by molar-refractivity contribution is 0.0954. The third-order valence-corrected chi connectivity index (χ3v) is 4.87. The molecule has 0 saturated heterocycles. The number of halogens is 1. The van der Waals surface area contributed by atoms with Crippen LogP contribution in [0.25, 0.3) is 0 Å². The van der Waals surface area contributed by atoms with E-state index in [4.69, 9.17) is 11.6 Å². The zero-order chi connectivity index (χ0) is 16.9. The van der Waals surface area contributed by atoms with Crippen molar-refractivity contribution >= 4 is 27.5 Å². The molecule has 0 aliphatic rings. The van der Waals surface area contributed by atoms with Crippen molar-refractivity contribution < 1.29 is 13.2 Å². The Morgan fingerprint density at radius 3 is 2.22 bits per heavy atom. The van der Waals surface area contributed by atoms with Crippen molar-refractivity contribution in [3.8, 4) is 0 Å². The lowest BCUT2D eigenvalue weighted by Crippen LogP contribution is -2.34. The van der Waals surface area contributed by atoms with Crippen LogP contribution in [0.5, 0.6) is 0 Å². The van der Waals surface area contributed by atoms with Gasteiger partial charge >= 0.3 is 0 Å². The van der Waals surface area contributed by atoms with Gasteiger partial charge in [-0.05, 0) is 43.3 Å². The topological polar surface area (TPSA) is 75.3 Å². The molecule has 0 fully saturated rings. The van der Waals surface area contributed by atoms with Gasteiger partial charge < -0.3 is 5.32 Å². The molecule has 0 aromatic heterocycles. The van der Waals surface area contributed by atoms with Gasteiger partial charge in [0.1, 0.15) is 0 Å². The van der Waals surface area contributed by atoms with Gasteiger partial charge in [-0.3, -0.25) is 4.79 Å². The zero-order valence-corrected chi connectivity index (χ0v) is 14.1. The lowest BCUT2D eigenvalue weighted by Gasteiger charge is -2.08. The average Bonchev–Trinajstić information content (AvgIpc) is 2.52. The van der Waals surface area contributed by atoms with E-state index in [1.165, 1.54) is 24.3 Å². The van der Waals surface area contributed by atoms with Gasteiger partial charge in [0, 0.05) is 23.7 Å². The van der Waals surface area contributed by atoms with E-state index in [-0.39, 0.29) is 23.9 Å². The van der Waals surface area contributed by atoms with Crippen LogP contribution < -0.4 is 10.0 Å². The Kier molecular flexibility index (Phi) is 5.76. The van der Waals surface area contributed by atoms with E-state index in [0.717, 1.165) is 5.56 Å². The third kappa shape index (κ3) is 5.06. The summed E-state index contributed by atoms with van der Waals surface area (Å²) in [4.78, 5) is 12.0. The molecule has 2 aromatic carbocycles. The highest BCUT2D eigenvalue weighted by Gasteiger charge is 2.13. The summed E-state index contributed by atoms with van der Waals surface area (Å²) >= 11 is 5.73. The highest BCUT2D eigenvalue weighted by atomic mass is 35.5. The molecule has 2 rings (SSSR count). The Morgan fingerprint density at radius 2 is 1.61 bits per heavy atom. The molecule has 23 heavy (non-hydrogen) atoms. The van der Waals surface area contributed by atoms with Crippen LogP contribution in [0.3, 0.4) is 0 Å². The summed E-state index contributed by atoms with van der Waals surface area (Å²) in [6, 6.07) is 13.0. The van der Waals surface area contributed by atoms with Crippen LogP contribution in [-0.2, 0) is 10.0 Å². The van der Waals surface area contributed by atoms with E-state index in [9.17, 15) is 13.2 Å². The fraction of sp³-hybridized carbons (Fsp3) is 0.188. The fourth-order valence-corrected chi connectivity index (χ4v) is 3.02. The molecule has 2 N–H and O–H groups in total. The maximum atomic E-state index is 12.0. The molecule has 0 atom stereocenters. The molecule has 0 heterocycles. The molecule has 1 amide bonds. The van der Waals surface area contributed by atoms with E-state index in [1.807, 2.05) is 19.1 Å². The first-order valence-electron chi connectivity index (χ1n) is 6.98. The monoisotopic (exact) mass is 352 g/mol. The molecule has 0 spiro atoms. The predicted molar refractivity (Wildman–Crippen MR) is 90.2 cm³/mol. The van der Waals surface area contributed by atoms with Gasteiger partial charge in [0.25, 0.3) is 5.91 Å². The molecule has 0 radical (unpaired) electrons. The van der Waals surface area contributed by atoms with Crippen molar-refractivity contribution in [1.29, 1.82) is 0 Å². The largest absolute Gasteiger partial charge is 0.351 e. The van der Waals surface area contributed by atoms with Gasteiger partial charge in [-0.2, -0.15) is 0 Å². The number of hydrogen-bond acceptors (Lipinski definition) is 3. The van der Waals surface area contributed by atoms with Crippen molar-refractivity contribution in [1.82, 2.24) is 10.0 Å². The Balaban J connectivity index is 1.83. The van der Waals surface area contributed by atoms with E-state index in [2.05, 4.69) is 10.0 Å². The lowest BCUT2D eigenvalue weighted by atomic mass is 10.1. The van der Waals surface area contributed by atoms with Crippen LogP contribution in [-0.4, -0.2) is 27.4 Å². The summed E-state index contributed by atoms with van der Waals surface area (Å²) in [6.07, 6.45) is 0. The van der Waals surface area contributed by atoms with Crippen LogP contribution in [0.2, 0.25) is 5.02 Å². The first-order chi connectivity index (χ1) is 10.9. The molecule has 0 bridgehead atoms. The fourth-order valence-electron chi connectivity index (χ4n) is 1.87. The third-order valence-electron chi connectivity index (χ3n) is 3.14. The maximum absolute atomic E-state index is 12.0. The Morgan fingerprint density at radius 1 is 1.00 bits per heavy atom. The summed E-state index contributed by atoms with van der Waals surface area (Å²) in [5.41, 5.74) is 1.61. The maximum Gasteiger partial charge on any atom is 0.251 e. The van der Waals surface area contributed by atoms with Gasteiger partial charge in [0.05, 0.1) is 4.90 Å². The van der Waals surface area contributed by atoms with E-state index in [1.54, 1.807) is 12.1 Å². The molecule has 7 heteroatoms. The van der Waals surface area contributed by atoms with Gasteiger partial charge in [-0.15, -0.1) is 0 Å². The Bertz CT molecular complexity index is 772. The van der Waals surface area contributed by atoms with Gasteiger partial charge in [0.2, 0.25) is 10.0 Å². The smallest absolute Gasteiger partial charge is 0.251 e. The predicted octanol–water partition coefficient (Wildman–Crippen LogP) is 2.36. The van der Waals surface area contributed by atoms with Crippen LogP contribution in [0.1, 0.15) is 15.9 Å². The molecule has 0 saturated carbocycles. The SMILES string of the molecule is Cc1ccc(C(=O)NCCNS(=O)(=O)c2ccc(Cl)cc2)cc1. The number of amides is 1. The first kappa shape index (κ1) is 17.5. The number of sulfonamides is 1. The molecule has 0 aliphatic carbocycles. The minimum atomic E-state index is -3.61. The van der Waals surface area contributed by atoms with Gasteiger partial charge in [-0.1, -0.05) is 29.3 Å². The summed E-state index contributed by atoms with van der Waals surface area (Å²) < 4.78 is 26.5. The van der Waals surface area contributed by atoms with Crippen molar-refractivity contribution in [3.63, 3.8) is 0 Å². The summed E-state index contributed by atoms with van der Waals surface area (Å²) in [5, 5.41) is 3.13. The minimum Gasteiger partial charge on any atom is -0.351 e. The van der Waals surface area contributed by atoms with Crippen LogP contribution in [0.4, 0.5) is 0 Å². The number of carbonyl (C=O) groups excluding carboxylic acids is 1. The summed E-state index contributed by atoms with van der Waals surface area (Å²) in [6.45, 7) is 2.23. The normalized spacial score (nSPS) is 11.2. The van der Waals surface area contributed by atoms with Crippen molar-refractivity contribution in [3.05, 3.63) is 64.7 Å². The van der Waals surface area contributed by atoms with Crippen LogP contribution in [0.15, 0.2) is 53.4 Å². The first-order valence-corrected chi connectivity index (χ1v) is 8.85. The zero-order valence-electron chi connectivity index (χ0n) is 12.5. The highest BCUT2D eigenvalue weighted by molar-refractivity contribution is 7.89. The van der Waals surface area contributed by atoms with E-state index in [0.29, 0.717) is 10.6 Å².